The molecule has 2 fully saturated rings. The van der Waals surface area contributed by atoms with Gasteiger partial charge in [0.1, 0.15) is 36.4 Å². The molecule has 0 aromatic heterocycles. The van der Waals surface area contributed by atoms with Crippen LogP contribution in [0.3, 0.4) is 0 Å². The van der Waals surface area contributed by atoms with Gasteiger partial charge in [0.2, 0.25) is 17.7 Å². The number of carbonyl (C=O) groups is 4. The number of amides is 3. The number of rotatable bonds is 18. The van der Waals surface area contributed by atoms with Crippen LogP contribution in [0.1, 0.15) is 57.7 Å². The summed E-state index contributed by atoms with van der Waals surface area (Å²) in [5, 5.41) is 20.9. The molecule has 3 aromatic carbocycles. The van der Waals surface area contributed by atoms with Crippen molar-refractivity contribution in [3.8, 4) is 0 Å². The van der Waals surface area contributed by atoms with Gasteiger partial charge in [0.15, 0.2) is 12.1 Å². The summed E-state index contributed by atoms with van der Waals surface area (Å²) in [6.45, 7) is 9.16. The van der Waals surface area contributed by atoms with Crippen molar-refractivity contribution in [2.45, 2.75) is 115 Å². The normalized spacial score (nSPS) is 22.4. The van der Waals surface area contributed by atoms with Crippen LogP contribution in [0.2, 0.25) is 0 Å². The van der Waals surface area contributed by atoms with Crippen LogP contribution in [-0.2, 0) is 57.7 Å². The standard InChI is InChI=1S/C41H52N4O9/c1-25(2)33(38(48)43-26(3)39(49)50)45-37(47)31(21-27-15-9-6-10-16-27)44-32(46)22-30(42-23-28-17-11-7-12-18-28)34-35(51-24-29-19-13-8-14-20-29)36-40(52-34)54-41(4,5)53-36/h6-20,25-26,30-31,33-36,40,42H,21-24H2,1-5H3,(H,43,48)(H,44,46)(H,45,47)(H,49,50)/t26-,30-,31-,33-,34?,35-,36+,40+/m0/s1. The highest BCUT2D eigenvalue weighted by atomic mass is 16.8. The first-order valence-corrected chi connectivity index (χ1v) is 18.4. The van der Waals surface area contributed by atoms with E-state index in [1.54, 1.807) is 13.8 Å². The molecule has 54 heavy (non-hydrogen) atoms. The Morgan fingerprint density at radius 3 is 1.96 bits per heavy atom. The van der Waals surface area contributed by atoms with Gasteiger partial charge in [-0.2, -0.15) is 0 Å². The fraction of sp³-hybridized carbons (Fsp3) is 0.463. The van der Waals surface area contributed by atoms with E-state index in [1.165, 1.54) is 6.92 Å². The Morgan fingerprint density at radius 2 is 1.37 bits per heavy atom. The number of ether oxygens (including phenoxy) is 4. The highest BCUT2D eigenvalue weighted by Crippen LogP contribution is 2.40. The quantitative estimate of drug-likeness (QED) is 0.130. The van der Waals surface area contributed by atoms with Crippen molar-refractivity contribution < 1.29 is 43.2 Å². The van der Waals surface area contributed by atoms with Crippen molar-refractivity contribution in [1.29, 1.82) is 0 Å². The average molecular weight is 745 g/mol. The molecule has 2 aliphatic heterocycles. The van der Waals surface area contributed by atoms with Crippen molar-refractivity contribution in [2.24, 2.45) is 5.92 Å². The lowest BCUT2D eigenvalue weighted by atomic mass is 9.98. The van der Waals surface area contributed by atoms with E-state index in [0.29, 0.717) is 6.54 Å². The largest absolute Gasteiger partial charge is 0.480 e. The van der Waals surface area contributed by atoms with Gasteiger partial charge in [0.25, 0.3) is 0 Å². The second-order valence-electron chi connectivity index (χ2n) is 14.6. The Labute approximate surface area is 316 Å². The molecule has 3 amide bonds. The first-order chi connectivity index (χ1) is 25.8. The van der Waals surface area contributed by atoms with E-state index in [0.717, 1.165) is 16.7 Å². The minimum Gasteiger partial charge on any atom is -0.480 e. The van der Waals surface area contributed by atoms with Crippen LogP contribution in [0.5, 0.6) is 0 Å². The fourth-order valence-electron chi connectivity index (χ4n) is 6.60. The summed E-state index contributed by atoms with van der Waals surface area (Å²) in [7, 11) is 0. The van der Waals surface area contributed by atoms with Crippen LogP contribution in [0.4, 0.5) is 0 Å². The van der Waals surface area contributed by atoms with Crippen LogP contribution in [0.15, 0.2) is 91.0 Å². The van der Waals surface area contributed by atoms with Crippen LogP contribution in [0, 0.1) is 5.92 Å². The van der Waals surface area contributed by atoms with Gasteiger partial charge in [0.05, 0.1) is 6.61 Å². The zero-order valence-corrected chi connectivity index (χ0v) is 31.4. The first kappa shape index (κ1) is 40.5. The fourth-order valence-corrected chi connectivity index (χ4v) is 6.60. The average Bonchev–Trinajstić information content (AvgIpc) is 3.63. The number of hydrogen-bond donors (Lipinski definition) is 5. The molecule has 13 nitrogen and oxygen atoms in total. The lowest BCUT2D eigenvalue weighted by Gasteiger charge is -2.32. The summed E-state index contributed by atoms with van der Waals surface area (Å²) in [5.74, 6) is -4.14. The Bertz CT molecular complexity index is 1690. The monoisotopic (exact) mass is 744 g/mol. The van der Waals surface area contributed by atoms with Gasteiger partial charge >= 0.3 is 5.97 Å². The highest BCUT2D eigenvalue weighted by molar-refractivity contribution is 5.93. The van der Waals surface area contributed by atoms with Gasteiger partial charge in [-0.05, 0) is 43.4 Å². The Morgan fingerprint density at radius 1 is 0.778 bits per heavy atom. The van der Waals surface area contributed by atoms with Gasteiger partial charge in [-0.3, -0.25) is 19.2 Å². The number of carboxylic acid groups (broad SMARTS) is 1. The number of fused-ring (bicyclic) bond motifs is 1. The molecule has 2 saturated heterocycles. The molecule has 5 rings (SSSR count). The molecule has 13 heteroatoms. The molecule has 2 aliphatic rings. The van der Waals surface area contributed by atoms with Crippen LogP contribution >= 0.6 is 0 Å². The summed E-state index contributed by atoms with van der Waals surface area (Å²) < 4.78 is 25.4. The molecule has 1 unspecified atom stereocenters. The molecule has 2 heterocycles. The maximum atomic E-state index is 14.1. The van der Waals surface area contributed by atoms with E-state index in [9.17, 15) is 24.3 Å². The molecular formula is C41H52N4O9. The molecule has 0 radical (unpaired) electrons. The highest BCUT2D eigenvalue weighted by Gasteiger charge is 2.57. The molecule has 0 aliphatic carbocycles. The maximum absolute atomic E-state index is 14.1. The molecule has 0 bridgehead atoms. The summed E-state index contributed by atoms with van der Waals surface area (Å²) in [5.41, 5.74) is 2.75. The van der Waals surface area contributed by atoms with Crippen molar-refractivity contribution in [3.63, 3.8) is 0 Å². The number of hydrogen-bond acceptors (Lipinski definition) is 9. The number of nitrogens with one attached hydrogen (secondary N) is 4. The summed E-state index contributed by atoms with van der Waals surface area (Å²) in [6.07, 6.45) is -2.54. The molecule has 5 N–H and O–H groups in total. The van der Waals surface area contributed by atoms with E-state index in [4.69, 9.17) is 18.9 Å². The molecule has 3 aromatic rings. The summed E-state index contributed by atoms with van der Waals surface area (Å²) >= 11 is 0. The Hall–Kier alpha value is -4.66. The molecule has 0 saturated carbocycles. The minimum absolute atomic E-state index is 0.103. The number of benzene rings is 3. The van der Waals surface area contributed by atoms with E-state index >= 15 is 0 Å². The van der Waals surface area contributed by atoms with Crippen LogP contribution in [0.25, 0.3) is 0 Å². The lowest BCUT2D eigenvalue weighted by molar-refractivity contribution is -0.222. The van der Waals surface area contributed by atoms with Gasteiger partial charge in [0, 0.05) is 25.4 Å². The van der Waals surface area contributed by atoms with E-state index in [-0.39, 0.29) is 25.4 Å². The SMILES string of the molecule is CC(C)[C@H](NC(=O)[C@H](Cc1ccccc1)NC(=O)C[C@H](NCc1ccccc1)C1O[C@@H]2OC(C)(C)O[C@@H]2[C@H]1OCc1ccccc1)C(=O)N[C@@H](C)C(=O)O. The van der Waals surface area contributed by atoms with Crippen molar-refractivity contribution in [1.82, 2.24) is 21.3 Å². The summed E-state index contributed by atoms with van der Waals surface area (Å²) in [6, 6.07) is 24.8. The first-order valence-electron chi connectivity index (χ1n) is 18.4. The topological polar surface area (TPSA) is 174 Å². The zero-order valence-electron chi connectivity index (χ0n) is 31.4. The van der Waals surface area contributed by atoms with Gasteiger partial charge in [-0.25, -0.2) is 0 Å². The van der Waals surface area contributed by atoms with Crippen molar-refractivity contribution in [3.05, 3.63) is 108 Å². The third kappa shape index (κ3) is 11.2. The molecule has 0 spiro atoms. The van der Waals surface area contributed by atoms with E-state index in [2.05, 4.69) is 21.3 Å². The number of carbonyl (C=O) groups excluding carboxylic acids is 3. The van der Waals surface area contributed by atoms with Crippen molar-refractivity contribution >= 4 is 23.7 Å². The second kappa shape index (κ2) is 18.6. The van der Waals surface area contributed by atoms with Gasteiger partial charge < -0.3 is 45.3 Å². The minimum atomic E-state index is -1.20. The van der Waals surface area contributed by atoms with Crippen molar-refractivity contribution in [2.75, 3.05) is 0 Å². The third-order valence-corrected chi connectivity index (χ3v) is 9.44. The Balaban J connectivity index is 1.37. The van der Waals surface area contributed by atoms with E-state index < -0.39 is 78.2 Å². The molecular weight excluding hydrogens is 692 g/mol. The van der Waals surface area contributed by atoms with Crippen LogP contribution < -0.4 is 21.3 Å². The predicted molar refractivity (Wildman–Crippen MR) is 199 cm³/mol. The second-order valence-corrected chi connectivity index (χ2v) is 14.6. The van der Waals surface area contributed by atoms with Crippen LogP contribution in [-0.4, -0.2) is 83.4 Å². The number of carboxylic acids is 1. The lowest BCUT2D eigenvalue weighted by Crippen LogP contribution is -2.58. The smallest absolute Gasteiger partial charge is 0.325 e. The van der Waals surface area contributed by atoms with Gasteiger partial charge in [-0.15, -0.1) is 0 Å². The predicted octanol–water partition coefficient (Wildman–Crippen LogP) is 3.45. The maximum Gasteiger partial charge on any atom is 0.325 e. The number of aliphatic carboxylic acids is 1. The third-order valence-electron chi connectivity index (χ3n) is 9.44. The van der Waals surface area contributed by atoms with Gasteiger partial charge in [-0.1, -0.05) is 105 Å². The molecule has 290 valence electrons. The zero-order chi connectivity index (χ0) is 38.8. The van der Waals surface area contributed by atoms with E-state index in [1.807, 2.05) is 105 Å². The molecule has 8 atom stereocenters. The Kier molecular flexibility index (Phi) is 13.9. The summed E-state index contributed by atoms with van der Waals surface area (Å²) in [4.78, 5) is 52.5.